The first-order chi connectivity index (χ1) is 8.41. The zero-order valence-corrected chi connectivity index (χ0v) is 12.2. The van der Waals surface area contributed by atoms with E-state index in [9.17, 15) is 13.2 Å². The van der Waals surface area contributed by atoms with E-state index in [1.54, 1.807) is 13.8 Å². The first kappa shape index (κ1) is 15.1. The molecular weight excluding hydrogens is 276 g/mol. The number of methoxy groups -OCH3 is 1. The third-order valence-electron chi connectivity index (χ3n) is 2.34. The summed E-state index contributed by atoms with van der Waals surface area (Å²) < 4.78 is 30.4. The summed E-state index contributed by atoms with van der Waals surface area (Å²) in [5.74, 6) is -0.427. The highest BCUT2D eigenvalue weighted by atomic mass is 32.2. The van der Waals surface area contributed by atoms with Crippen molar-refractivity contribution in [1.29, 1.82) is 0 Å². The lowest BCUT2D eigenvalue weighted by atomic mass is 10.4. The molecule has 1 heterocycles. The summed E-state index contributed by atoms with van der Waals surface area (Å²) in [6.45, 7) is 3.88. The van der Waals surface area contributed by atoms with Crippen molar-refractivity contribution in [2.75, 3.05) is 20.2 Å². The number of aromatic nitrogens is 1. The highest BCUT2D eigenvalue weighted by Gasteiger charge is 2.25. The normalized spacial score (nSPS) is 11.8. The van der Waals surface area contributed by atoms with Crippen molar-refractivity contribution in [2.24, 2.45) is 0 Å². The zero-order chi connectivity index (χ0) is 13.8. The minimum Gasteiger partial charge on any atom is -0.469 e. The molecule has 0 aliphatic rings. The lowest BCUT2D eigenvalue weighted by Gasteiger charge is -2.18. The number of ether oxygens (including phenoxy) is 1. The van der Waals surface area contributed by atoms with Crippen molar-refractivity contribution in [2.45, 2.75) is 24.5 Å². The van der Waals surface area contributed by atoms with Crippen LogP contribution in [0.4, 0.5) is 0 Å². The first-order valence-corrected chi connectivity index (χ1v) is 7.66. The van der Waals surface area contributed by atoms with Crippen LogP contribution in [0.25, 0.3) is 0 Å². The van der Waals surface area contributed by atoms with Crippen LogP contribution in [0.3, 0.4) is 0 Å². The van der Waals surface area contributed by atoms with Gasteiger partial charge in [0, 0.05) is 13.1 Å². The third-order valence-corrected chi connectivity index (χ3v) is 5.66. The van der Waals surface area contributed by atoms with Gasteiger partial charge < -0.3 is 4.74 Å². The van der Waals surface area contributed by atoms with Gasteiger partial charge in [0.25, 0.3) is 10.0 Å². The smallest absolute Gasteiger partial charge is 0.306 e. The number of aryl methyl sites for hydroxylation is 1. The van der Waals surface area contributed by atoms with E-state index in [1.165, 1.54) is 17.6 Å². The van der Waals surface area contributed by atoms with Gasteiger partial charge in [-0.15, -0.1) is 11.3 Å². The largest absolute Gasteiger partial charge is 0.469 e. The maximum atomic E-state index is 12.2. The predicted octanol–water partition coefficient (Wildman–Crippen LogP) is 1.03. The molecule has 8 heteroatoms. The lowest BCUT2D eigenvalue weighted by Crippen LogP contribution is -2.32. The van der Waals surface area contributed by atoms with Crippen molar-refractivity contribution in [3.63, 3.8) is 0 Å². The molecule has 0 saturated carbocycles. The molecule has 0 radical (unpaired) electrons. The molecular formula is C10H16N2O4S2. The second-order valence-electron chi connectivity index (χ2n) is 3.52. The van der Waals surface area contributed by atoms with E-state index in [0.717, 1.165) is 11.3 Å². The number of hydrogen-bond acceptors (Lipinski definition) is 6. The number of nitrogens with zero attached hydrogens (tertiary/aromatic N) is 2. The molecule has 102 valence electrons. The molecule has 1 rings (SSSR count). The Morgan fingerprint density at radius 3 is 2.67 bits per heavy atom. The van der Waals surface area contributed by atoms with Crippen molar-refractivity contribution in [1.82, 2.24) is 9.29 Å². The predicted molar refractivity (Wildman–Crippen MR) is 67.9 cm³/mol. The topological polar surface area (TPSA) is 76.6 Å². The summed E-state index contributed by atoms with van der Waals surface area (Å²) in [5, 5.41) is 0.692. The summed E-state index contributed by atoms with van der Waals surface area (Å²) in [6.07, 6.45) is 1.39. The minimum atomic E-state index is -3.55. The molecule has 0 N–H and O–H groups in total. The van der Waals surface area contributed by atoms with E-state index in [0.29, 0.717) is 11.6 Å². The molecule has 6 nitrogen and oxygen atoms in total. The summed E-state index contributed by atoms with van der Waals surface area (Å²) in [4.78, 5) is 15.0. The molecule has 1 aromatic heterocycles. The van der Waals surface area contributed by atoms with Gasteiger partial charge in [0.2, 0.25) is 0 Å². The van der Waals surface area contributed by atoms with E-state index in [4.69, 9.17) is 0 Å². The van der Waals surface area contributed by atoms with Crippen molar-refractivity contribution < 1.29 is 17.9 Å². The molecule has 0 spiro atoms. The van der Waals surface area contributed by atoms with E-state index in [1.807, 2.05) is 0 Å². The summed E-state index contributed by atoms with van der Waals surface area (Å²) >= 11 is 1.12. The van der Waals surface area contributed by atoms with E-state index in [-0.39, 0.29) is 17.2 Å². The fourth-order valence-electron chi connectivity index (χ4n) is 1.35. The highest BCUT2D eigenvalue weighted by molar-refractivity contribution is 7.91. The van der Waals surface area contributed by atoms with Crippen LogP contribution in [0.2, 0.25) is 0 Å². The Morgan fingerprint density at radius 2 is 2.22 bits per heavy atom. The van der Waals surface area contributed by atoms with Crippen LogP contribution in [0.15, 0.2) is 10.4 Å². The number of carbonyl (C=O) groups is 1. The molecule has 18 heavy (non-hydrogen) atoms. The molecule has 0 unspecified atom stereocenters. The van der Waals surface area contributed by atoms with Gasteiger partial charge in [0.05, 0.1) is 24.7 Å². The molecule has 0 aliphatic heterocycles. The Bertz CT molecular complexity index is 510. The van der Waals surface area contributed by atoms with Crippen LogP contribution in [-0.2, 0) is 19.6 Å². The van der Waals surface area contributed by atoms with Gasteiger partial charge in [-0.05, 0) is 6.92 Å². The number of esters is 1. The Balaban J connectivity index is 2.84. The van der Waals surface area contributed by atoms with Crippen LogP contribution in [0, 0.1) is 6.92 Å². The van der Waals surface area contributed by atoms with Gasteiger partial charge in [-0.1, -0.05) is 6.92 Å². The third kappa shape index (κ3) is 3.50. The fraction of sp³-hybridized carbons (Fsp3) is 0.600. The molecule has 0 fully saturated rings. The lowest BCUT2D eigenvalue weighted by molar-refractivity contribution is -0.140. The maximum absolute atomic E-state index is 12.2. The minimum absolute atomic E-state index is 0.0430. The van der Waals surface area contributed by atoms with Gasteiger partial charge >= 0.3 is 5.97 Å². The standard InChI is InChI=1S/C10H16N2O4S2/c1-4-12(6-5-9(13)16-3)18(14,15)10-7-11-8(2)17-10/h7H,4-6H2,1-3H3. The summed E-state index contributed by atoms with van der Waals surface area (Å²) in [7, 11) is -2.28. The maximum Gasteiger partial charge on any atom is 0.306 e. The Hall–Kier alpha value is -0.990. The van der Waals surface area contributed by atoms with E-state index in [2.05, 4.69) is 9.72 Å². The van der Waals surface area contributed by atoms with Crippen LogP contribution < -0.4 is 0 Å². The fourth-order valence-corrected chi connectivity index (χ4v) is 4.07. The quantitative estimate of drug-likeness (QED) is 0.732. The van der Waals surface area contributed by atoms with E-state index < -0.39 is 16.0 Å². The van der Waals surface area contributed by atoms with Crippen LogP contribution in [-0.4, -0.2) is 43.9 Å². The number of carbonyl (C=O) groups excluding carboxylic acids is 1. The number of rotatable bonds is 6. The van der Waals surface area contributed by atoms with Crippen molar-refractivity contribution in [3.05, 3.63) is 11.2 Å². The SMILES string of the molecule is CCN(CCC(=O)OC)S(=O)(=O)c1cnc(C)s1. The first-order valence-electron chi connectivity index (χ1n) is 5.41. The summed E-state index contributed by atoms with van der Waals surface area (Å²) in [6, 6.07) is 0. The average Bonchev–Trinajstić information content (AvgIpc) is 2.76. The number of sulfonamides is 1. The van der Waals surface area contributed by atoms with Crippen LogP contribution in [0.1, 0.15) is 18.4 Å². The van der Waals surface area contributed by atoms with Gasteiger partial charge in [-0.3, -0.25) is 4.79 Å². The number of hydrogen-bond donors (Lipinski definition) is 0. The summed E-state index contributed by atoms with van der Waals surface area (Å²) in [5.41, 5.74) is 0. The Kier molecular flexibility index (Phi) is 5.24. The van der Waals surface area contributed by atoms with Gasteiger partial charge in [-0.25, -0.2) is 13.4 Å². The molecule has 0 atom stereocenters. The molecule has 0 amide bonds. The zero-order valence-electron chi connectivity index (χ0n) is 10.5. The molecule has 0 aromatic carbocycles. The van der Waals surface area contributed by atoms with Gasteiger partial charge in [-0.2, -0.15) is 4.31 Å². The van der Waals surface area contributed by atoms with Crippen LogP contribution in [0.5, 0.6) is 0 Å². The van der Waals surface area contributed by atoms with Crippen LogP contribution >= 0.6 is 11.3 Å². The molecule has 0 saturated heterocycles. The Morgan fingerprint density at radius 1 is 1.56 bits per heavy atom. The Labute approximate surface area is 111 Å². The molecule has 0 aliphatic carbocycles. The second kappa shape index (κ2) is 6.26. The van der Waals surface area contributed by atoms with E-state index >= 15 is 0 Å². The second-order valence-corrected chi connectivity index (χ2v) is 6.92. The van der Waals surface area contributed by atoms with Crippen molar-refractivity contribution >= 4 is 27.3 Å². The van der Waals surface area contributed by atoms with Gasteiger partial charge in [0.1, 0.15) is 0 Å². The molecule has 0 bridgehead atoms. The van der Waals surface area contributed by atoms with Gasteiger partial charge in [0.15, 0.2) is 4.21 Å². The van der Waals surface area contributed by atoms with Crippen molar-refractivity contribution in [3.8, 4) is 0 Å². The highest BCUT2D eigenvalue weighted by Crippen LogP contribution is 2.22. The monoisotopic (exact) mass is 292 g/mol. The molecule has 1 aromatic rings. The number of thiazole rings is 1. The average molecular weight is 292 g/mol.